The number of carbonyl (C=O) groups excluding carboxylic acids is 1. The summed E-state index contributed by atoms with van der Waals surface area (Å²) in [6.07, 6.45) is 6.45. The Balaban J connectivity index is 1.26. The number of aliphatic hydroxyl groups excluding tert-OH is 3. The molecule has 0 bridgehead atoms. The summed E-state index contributed by atoms with van der Waals surface area (Å²) in [5, 5.41) is 36.6. The minimum Gasteiger partial charge on any atom is -0.748 e. The van der Waals surface area contributed by atoms with Gasteiger partial charge in [-0.1, -0.05) is 20.8 Å². The molecule has 12 atom stereocenters. The van der Waals surface area contributed by atoms with Crippen LogP contribution in [-0.2, 0) is 14.9 Å². The first-order valence-electron chi connectivity index (χ1n) is 16.6. The molecule has 4 saturated carbocycles. The fourth-order valence-corrected chi connectivity index (χ4v) is 11.0. The highest BCUT2D eigenvalue weighted by Gasteiger charge is 2.63. The maximum absolute atomic E-state index is 12.7. The summed E-state index contributed by atoms with van der Waals surface area (Å²) in [6, 6.07) is 0. The molecule has 0 radical (unpaired) electrons. The summed E-state index contributed by atoms with van der Waals surface area (Å²) < 4.78 is 33.1. The molecule has 0 saturated heterocycles. The van der Waals surface area contributed by atoms with Crippen LogP contribution in [0.2, 0.25) is 0 Å². The molecule has 0 aromatic rings. The Bertz CT molecular complexity index is 1040. The Morgan fingerprint density at radius 3 is 2.43 bits per heavy atom. The van der Waals surface area contributed by atoms with Gasteiger partial charge < -0.3 is 29.7 Å². The maximum Gasteiger partial charge on any atom is 0.220 e. The van der Waals surface area contributed by atoms with Crippen molar-refractivity contribution in [3.05, 3.63) is 0 Å². The van der Waals surface area contributed by atoms with Crippen molar-refractivity contribution in [3.63, 3.8) is 0 Å². The summed E-state index contributed by atoms with van der Waals surface area (Å²) >= 11 is 0. The Morgan fingerprint density at radius 2 is 1.74 bits per heavy atom. The molecule has 0 aliphatic heterocycles. The van der Waals surface area contributed by atoms with Gasteiger partial charge in [-0.2, -0.15) is 0 Å². The molecule has 4 rings (SSSR count). The number of hydrogen-bond donors (Lipinski definition) is 4. The zero-order chi connectivity index (χ0) is 31.0. The lowest BCUT2D eigenvalue weighted by atomic mass is 9.46. The van der Waals surface area contributed by atoms with Gasteiger partial charge in [-0.3, -0.25) is 4.79 Å². The molecular weight excluding hydrogens is 556 g/mol. The van der Waals surface area contributed by atoms with Crippen LogP contribution in [0.25, 0.3) is 0 Å². The van der Waals surface area contributed by atoms with Gasteiger partial charge in [0.1, 0.15) is 0 Å². The van der Waals surface area contributed by atoms with Gasteiger partial charge in [0, 0.05) is 31.6 Å². The van der Waals surface area contributed by atoms with Crippen molar-refractivity contribution in [3.8, 4) is 0 Å². The molecule has 0 spiro atoms. The van der Waals surface area contributed by atoms with Crippen molar-refractivity contribution >= 4 is 16.0 Å². The molecular formula is C32H58N2O7S. The zero-order valence-electron chi connectivity index (χ0n) is 26.6. The number of hydrogen-bond acceptors (Lipinski definition) is 7. The van der Waals surface area contributed by atoms with E-state index in [9.17, 15) is 33.1 Å². The molecule has 42 heavy (non-hydrogen) atoms. The smallest absolute Gasteiger partial charge is 0.220 e. The van der Waals surface area contributed by atoms with Crippen LogP contribution in [0.1, 0.15) is 85.0 Å². The van der Waals surface area contributed by atoms with Gasteiger partial charge in [0.05, 0.1) is 55.6 Å². The largest absolute Gasteiger partial charge is 0.748 e. The van der Waals surface area contributed by atoms with Gasteiger partial charge in [0.25, 0.3) is 0 Å². The molecule has 0 aromatic carbocycles. The fraction of sp³-hybridized carbons (Fsp3) is 0.969. The van der Waals surface area contributed by atoms with E-state index in [1.807, 2.05) is 14.1 Å². The lowest BCUT2D eigenvalue weighted by molar-refractivity contribution is -0.890. The van der Waals surface area contributed by atoms with E-state index in [0.29, 0.717) is 65.9 Å². The van der Waals surface area contributed by atoms with Crippen LogP contribution in [0.3, 0.4) is 0 Å². The molecule has 1 amide bonds. The average Bonchev–Trinajstić information content (AvgIpc) is 3.22. The van der Waals surface area contributed by atoms with Gasteiger partial charge in [-0.25, -0.2) is 8.42 Å². The number of nitrogens with one attached hydrogen (secondary N) is 1. The van der Waals surface area contributed by atoms with Crippen LogP contribution in [0.5, 0.6) is 0 Å². The third kappa shape index (κ3) is 7.53. The second-order valence-electron chi connectivity index (χ2n) is 15.6. The van der Waals surface area contributed by atoms with E-state index in [0.717, 1.165) is 57.9 Å². The van der Waals surface area contributed by atoms with Gasteiger partial charge in [0.15, 0.2) is 0 Å². The highest BCUT2D eigenvalue weighted by Crippen LogP contribution is 2.66. The predicted octanol–water partition coefficient (Wildman–Crippen LogP) is 2.74. The highest BCUT2D eigenvalue weighted by atomic mass is 32.2. The summed E-state index contributed by atoms with van der Waals surface area (Å²) in [5.74, 6) is 2.36. The normalized spacial score (nSPS) is 41.0. The number of carbonyl (C=O) groups is 1. The Hall–Kier alpha value is -0.780. The standard InChI is InChI=1S/C32H58N2O7S/c1-20(8-11-29(38)33-12-6-13-34(4,5)14-7-15-42(39,40)41)25-9-10-26-31-24(19-28(37)32(25,26)3)30-21(2)16-23(35)17-22(30)18-27(31)36/h20-28,30-31,35-37H,6-19H2,1-5H3,(H-,33,38,39,40,41)/t20?,21-,22?,23-,24?,25-,26?,27-,28+,30?,31?,32-/m1/s1. The number of fused-ring (bicyclic) bond motifs is 5. The van der Waals surface area contributed by atoms with E-state index >= 15 is 0 Å². The molecule has 0 heterocycles. The van der Waals surface area contributed by atoms with Crippen LogP contribution >= 0.6 is 0 Å². The first-order valence-corrected chi connectivity index (χ1v) is 18.2. The number of rotatable bonds is 12. The van der Waals surface area contributed by atoms with Crippen LogP contribution in [0.4, 0.5) is 0 Å². The molecule has 4 fully saturated rings. The topological polar surface area (TPSA) is 147 Å². The number of nitrogens with zero attached hydrogens (tertiary/aromatic N) is 1. The molecule has 10 heteroatoms. The van der Waals surface area contributed by atoms with E-state index in [-0.39, 0.29) is 41.1 Å². The van der Waals surface area contributed by atoms with E-state index in [1.165, 1.54) is 0 Å². The second kappa shape index (κ2) is 13.3. The number of quaternary nitrogens is 1. The molecule has 244 valence electrons. The van der Waals surface area contributed by atoms with E-state index in [4.69, 9.17) is 0 Å². The summed E-state index contributed by atoms with van der Waals surface area (Å²) in [4.78, 5) is 12.7. The van der Waals surface area contributed by atoms with Gasteiger partial charge in [-0.05, 0) is 97.7 Å². The Kier molecular flexibility index (Phi) is 10.8. The van der Waals surface area contributed by atoms with E-state index in [2.05, 4.69) is 26.1 Å². The molecule has 9 nitrogen and oxygen atoms in total. The molecule has 4 N–H and O–H groups in total. The van der Waals surface area contributed by atoms with Gasteiger partial charge in [-0.15, -0.1) is 0 Å². The molecule has 0 aromatic heterocycles. The zero-order valence-corrected chi connectivity index (χ0v) is 27.4. The molecule has 4 aliphatic carbocycles. The average molecular weight is 615 g/mol. The quantitative estimate of drug-likeness (QED) is 0.150. The van der Waals surface area contributed by atoms with Crippen molar-refractivity contribution in [1.29, 1.82) is 0 Å². The minimum absolute atomic E-state index is 0.0378. The Labute approximate surface area is 254 Å². The minimum atomic E-state index is -4.18. The van der Waals surface area contributed by atoms with Crippen LogP contribution in [-0.4, -0.2) is 96.5 Å². The summed E-state index contributed by atoms with van der Waals surface area (Å²) in [6.45, 7) is 8.68. The Morgan fingerprint density at radius 1 is 1.05 bits per heavy atom. The summed E-state index contributed by atoms with van der Waals surface area (Å²) in [5.41, 5.74) is -0.253. The van der Waals surface area contributed by atoms with Crippen molar-refractivity contribution in [1.82, 2.24) is 5.32 Å². The van der Waals surface area contributed by atoms with Crippen molar-refractivity contribution in [2.75, 3.05) is 39.5 Å². The first kappa shape index (κ1) is 34.1. The van der Waals surface area contributed by atoms with Crippen LogP contribution in [0, 0.1) is 52.8 Å². The molecule has 4 aliphatic rings. The van der Waals surface area contributed by atoms with Crippen molar-refractivity contribution < 1.29 is 37.6 Å². The lowest BCUT2D eigenvalue weighted by Gasteiger charge is -2.60. The number of aliphatic hydroxyl groups is 3. The third-order valence-electron chi connectivity index (χ3n) is 12.4. The third-order valence-corrected chi connectivity index (χ3v) is 13.2. The monoisotopic (exact) mass is 614 g/mol. The lowest BCUT2D eigenvalue weighted by Crippen LogP contribution is -2.60. The van der Waals surface area contributed by atoms with E-state index < -0.39 is 16.2 Å². The van der Waals surface area contributed by atoms with E-state index in [1.54, 1.807) is 0 Å². The predicted molar refractivity (Wildman–Crippen MR) is 161 cm³/mol. The van der Waals surface area contributed by atoms with Crippen LogP contribution in [0.15, 0.2) is 0 Å². The second-order valence-corrected chi connectivity index (χ2v) is 17.1. The van der Waals surface area contributed by atoms with Gasteiger partial charge >= 0.3 is 0 Å². The van der Waals surface area contributed by atoms with Gasteiger partial charge in [0.2, 0.25) is 5.91 Å². The maximum atomic E-state index is 12.7. The molecule has 6 unspecified atom stereocenters. The van der Waals surface area contributed by atoms with Crippen molar-refractivity contribution in [2.45, 2.75) is 103 Å². The van der Waals surface area contributed by atoms with Crippen LogP contribution < -0.4 is 5.32 Å². The van der Waals surface area contributed by atoms with Crippen molar-refractivity contribution in [2.24, 2.45) is 52.8 Å². The SMILES string of the molecule is CC(CCC(=O)NCCC[N+](C)(C)CCCS(=O)(=O)[O-])[C@H]1CCC2C3C(C[C@H](O)[C@@]21C)C1C(C[C@H](O)C[C@H]1C)C[C@H]3O. The summed E-state index contributed by atoms with van der Waals surface area (Å²) in [7, 11) is -0.176. The first-order chi connectivity index (χ1) is 19.5. The highest BCUT2D eigenvalue weighted by molar-refractivity contribution is 7.85. The fourth-order valence-electron chi connectivity index (χ4n) is 10.5. The number of amides is 1.